The van der Waals surface area contributed by atoms with Crippen molar-refractivity contribution in [3.8, 4) is 0 Å². The summed E-state index contributed by atoms with van der Waals surface area (Å²) in [4.78, 5) is 2.39. The van der Waals surface area contributed by atoms with E-state index >= 15 is 0 Å². The van der Waals surface area contributed by atoms with Gasteiger partial charge in [0.05, 0.1) is 8.07 Å². The fourth-order valence-corrected chi connectivity index (χ4v) is 1.81. The molecule has 0 heterocycles. The molecule has 0 aromatic rings. The first-order chi connectivity index (χ1) is 5.88. The van der Waals surface area contributed by atoms with Crippen LogP contribution in [0.15, 0.2) is 11.8 Å². The van der Waals surface area contributed by atoms with Crippen molar-refractivity contribution in [2.45, 2.75) is 39.4 Å². The molecule has 0 bridgehead atoms. The Morgan fingerprint density at radius 2 is 1.85 bits per heavy atom. The minimum Gasteiger partial charge on any atom is -0.303 e. The number of hydrogen-bond acceptors (Lipinski definition) is 1. The molecular weight excluding hydrogens is 174 g/mol. The van der Waals surface area contributed by atoms with Crippen molar-refractivity contribution in [3.05, 3.63) is 11.8 Å². The third-order valence-corrected chi connectivity index (χ3v) is 4.69. The molecule has 0 N–H and O–H groups in total. The molecule has 2 heteroatoms. The van der Waals surface area contributed by atoms with Crippen molar-refractivity contribution in [3.63, 3.8) is 0 Å². The number of hydrogen-bond donors (Lipinski definition) is 0. The number of likely N-dealkylation sites (N-methyl/N-ethyl adjacent to an activating group) is 1. The molecule has 0 spiro atoms. The maximum absolute atomic E-state index is 4.19. The van der Waals surface area contributed by atoms with Gasteiger partial charge in [-0.3, -0.25) is 0 Å². The van der Waals surface area contributed by atoms with E-state index < -0.39 is 8.07 Å². The standard InChI is InChI=1S/C11H25NSi/c1-7-8-9-12(3)10-11(2)13(4,5)6/h2,7-10H2,1,3-6H3. The van der Waals surface area contributed by atoms with Crippen LogP contribution in [0.2, 0.25) is 19.6 Å². The lowest BCUT2D eigenvalue weighted by Gasteiger charge is -2.25. The fraction of sp³-hybridized carbons (Fsp3) is 0.818. The van der Waals surface area contributed by atoms with Crippen LogP contribution in [0.25, 0.3) is 0 Å². The summed E-state index contributed by atoms with van der Waals surface area (Å²) in [7, 11) is 1.10. The predicted molar refractivity (Wildman–Crippen MR) is 64.9 cm³/mol. The Hall–Kier alpha value is -0.0831. The average molecular weight is 199 g/mol. The van der Waals surface area contributed by atoms with Crippen molar-refractivity contribution < 1.29 is 0 Å². The molecule has 0 atom stereocenters. The first-order valence-electron chi connectivity index (χ1n) is 5.24. The van der Waals surface area contributed by atoms with Crippen molar-refractivity contribution in [1.29, 1.82) is 0 Å². The number of nitrogens with zero attached hydrogens (tertiary/aromatic N) is 1. The zero-order chi connectivity index (χ0) is 10.5. The Morgan fingerprint density at radius 1 is 1.31 bits per heavy atom. The molecule has 0 aliphatic rings. The minimum atomic E-state index is -1.10. The van der Waals surface area contributed by atoms with Crippen molar-refractivity contribution in [1.82, 2.24) is 4.90 Å². The summed E-state index contributed by atoms with van der Waals surface area (Å²) < 4.78 is 0. The lowest BCUT2D eigenvalue weighted by Crippen LogP contribution is -2.32. The van der Waals surface area contributed by atoms with Gasteiger partial charge in [0, 0.05) is 6.54 Å². The molecule has 13 heavy (non-hydrogen) atoms. The molecule has 0 aliphatic heterocycles. The summed E-state index contributed by atoms with van der Waals surface area (Å²) in [5.74, 6) is 0. The second kappa shape index (κ2) is 5.61. The van der Waals surface area contributed by atoms with E-state index in [4.69, 9.17) is 0 Å². The first-order valence-corrected chi connectivity index (χ1v) is 8.74. The van der Waals surface area contributed by atoms with Gasteiger partial charge in [0.25, 0.3) is 0 Å². The minimum absolute atomic E-state index is 1.09. The summed E-state index contributed by atoms with van der Waals surface area (Å²) in [5, 5.41) is 1.46. The van der Waals surface area contributed by atoms with Crippen LogP contribution in [0.3, 0.4) is 0 Å². The molecule has 0 saturated carbocycles. The van der Waals surface area contributed by atoms with Crippen LogP contribution in [0.5, 0.6) is 0 Å². The molecular formula is C11H25NSi. The maximum atomic E-state index is 4.19. The molecule has 1 nitrogen and oxygen atoms in total. The van der Waals surface area contributed by atoms with Crippen LogP contribution in [0, 0.1) is 0 Å². The third-order valence-electron chi connectivity index (χ3n) is 2.41. The summed E-state index contributed by atoms with van der Waals surface area (Å²) in [6, 6.07) is 0. The Morgan fingerprint density at radius 3 is 2.23 bits per heavy atom. The zero-order valence-electron chi connectivity index (χ0n) is 9.98. The van der Waals surface area contributed by atoms with Crippen LogP contribution in [-0.2, 0) is 0 Å². The van der Waals surface area contributed by atoms with Gasteiger partial charge in [0.15, 0.2) is 0 Å². The van der Waals surface area contributed by atoms with Gasteiger partial charge in [0.1, 0.15) is 0 Å². The summed E-state index contributed by atoms with van der Waals surface area (Å²) >= 11 is 0. The van der Waals surface area contributed by atoms with Gasteiger partial charge < -0.3 is 4.90 Å². The lowest BCUT2D eigenvalue weighted by molar-refractivity contribution is 0.359. The lowest BCUT2D eigenvalue weighted by atomic mass is 10.3. The second-order valence-electron chi connectivity index (χ2n) is 4.94. The van der Waals surface area contributed by atoms with Crippen LogP contribution < -0.4 is 0 Å². The number of rotatable bonds is 6. The highest BCUT2D eigenvalue weighted by atomic mass is 28.3. The Balaban J connectivity index is 3.79. The van der Waals surface area contributed by atoms with Crippen LogP contribution in [0.1, 0.15) is 19.8 Å². The molecule has 0 aliphatic carbocycles. The highest BCUT2D eigenvalue weighted by molar-refractivity contribution is 6.83. The quantitative estimate of drug-likeness (QED) is 0.594. The molecule has 0 amide bonds. The summed E-state index contributed by atoms with van der Waals surface area (Å²) in [6.07, 6.45) is 2.58. The molecule has 0 unspecified atom stereocenters. The first kappa shape index (κ1) is 12.9. The Labute approximate surface area is 84.8 Å². The highest BCUT2D eigenvalue weighted by Crippen LogP contribution is 2.13. The van der Waals surface area contributed by atoms with Gasteiger partial charge in [0.2, 0.25) is 0 Å². The van der Waals surface area contributed by atoms with Gasteiger partial charge in [-0.2, -0.15) is 0 Å². The van der Waals surface area contributed by atoms with Crippen molar-refractivity contribution in [2.24, 2.45) is 0 Å². The van der Waals surface area contributed by atoms with Gasteiger partial charge in [-0.1, -0.05) is 38.2 Å². The Kier molecular flexibility index (Phi) is 5.57. The van der Waals surface area contributed by atoms with E-state index in [1.165, 1.54) is 24.6 Å². The van der Waals surface area contributed by atoms with E-state index in [0.717, 1.165) is 6.54 Å². The van der Waals surface area contributed by atoms with E-state index in [0.29, 0.717) is 0 Å². The van der Waals surface area contributed by atoms with Gasteiger partial charge >= 0.3 is 0 Å². The second-order valence-corrected chi connectivity index (χ2v) is 10.2. The van der Waals surface area contributed by atoms with Gasteiger partial charge in [-0.05, 0) is 20.0 Å². The molecule has 0 aromatic carbocycles. The molecule has 78 valence electrons. The van der Waals surface area contributed by atoms with E-state index in [-0.39, 0.29) is 0 Å². The molecule has 0 aromatic heterocycles. The van der Waals surface area contributed by atoms with Gasteiger partial charge in [-0.25, -0.2) is 0 Å². The third kappa shape index (κ3) is 6.05. The van der Waals surface area contributed by atoms with Crippen molar-refractivity contribution in [2.75, 3.05) is 20.1 Å². The normalized spacial score (nSPS) is 12.2. The largest absolute Gasteiger partial charge is 0.303 e. The van der Waals surface area contributed by atoms with E-state index in [1.54, 1.807) is 0 Å². The van der Waals surface area contributed by atoms with Crippen LogP contribution in [-0.4, -0.2) is 33.1 Å². The monoisotopic (exact) mass is 199 g/mol. The summed E-state index contributed by atoms with van der Waals surface area (Å²) in [6.45, 7) is 15.8. The summed E-state index contributed by atoms with van der Waals surface area (Å²) in [5.41, 5.74) is 0. The SMILES string of the molecule is C=C(CN(C)CCCC)[Si](C)(C)C. The molecule has 0 radical (unpaired) electrons. The zero-order valence-corrected chi connectivity index (χ0v) is 11.0. The molecule has 0 saturated heterocycles. The average Bonchev–Trinajstić information content (AvgIpc) is 1.99. The number of unbranched alkanes of at least 4 members (excludes halogenated alkanes) is 1. The van der Waals surface area contributed by atoms with Crippen LogP contribution in [0.4, 0.5) is 0 Å². The smallest absolute Gasteiger partial charge is 0.0733 e. The topological polar surface area (TPSA) is 3.24 Å². The van der Waals surface area contributed by atoms with Crippen molar-refractivity contribution >= 4 is 8.07 Å². The highest BCUT2D eigenvalue weighted by Gasteiger charge is 2.18. The Bertz CT molecular complexity index is 158. The van der Waals surface area contributed by atoms with E-state index in [9.17, 15) is 0 Å². The molecule has 0 rings (SSSR count). The fourth-order valence-electron chi connectivity index (χ4n) is 1.07. The van der Waals surface area contributed by atoms with E-state index in [1.807, 2.05) is 0 Å². The van der Waals surface area contributed by atoms with E-state index in [2.05, 4.69) is 45.1 Å². The predicted octanol–water partition coefficient (Wildman–Crippen LogP) is 3.15. The van der Waals surface area contributed by atoms with Gasteiger partial charge in [-0.15, -0.1) is 6.58 Å². The molecule has 0 fully saturated rings. The van der Waals surface area contributed by atoms with Crippen LogP contribution >= 0.6 is 0 Å². The maximum Gasteiger partial charge on any atom is 0.0733 e.